The van der Waals surface area contributed by atoms with Gasteiger partial charge in [0.1, 0.15) is 0 Å². The number of halogens is 3. The van der Waals surface area contributed by atoms with Gasteiger partial charge in [-0.3, -0.25) is 0 Å². The molecule has 1 aromatic carbocycles. The average molecular weight is 326 g/mol. The van der Waals surface area contributed by atoms with E-state index in [9.17, 15) is 0 Å². The summed E-state index contributed by atoms with van der Waals surface area (Å²) in [6.45, 7) is 0. The molecule has 0 fully saturated rings. The fourth-order valence-corrected chi connectivity index (χ4v) is 3.35. The van der Waals surface area contributed by atoms with Crippen molar-refractivity contribution in [3.8, 4) is 0 Å². The SMILES string of the molecule is Clc1cc2c(Br)ccc(Br)c2s1. The summed E-state index contributed by atoms with van der Waals surface area (Å²) in [4.78, 5) is 0. The number of fused-ring (bicyclic) bond motifs is 1. The first-order valence-electron chi connectivity index (χ1n) is 3.21. The molecule has 0 aliphatic rings. The lowest BCUT2D eigenvalue weighted by Gasteiger charge is -1.94. The van der Waals surface area contributed by atoms with Gasteiger partial charge in [-0.2, -0.15) is 0 Å². The van der Waals surface area contributed by atoms with E-state index in [4.69, 9.17) is 11.6 Å². The van der Waals surface area contributed by atoms with Crippen molar-refractivity contribution in [2.75, 3.05) is 0 Å². The molecule has 1 heterocycles. The van der Waals surface area contributed by atoms with Gasteiger partial charge < -0.3 is 0 Å². The van der Waals surface area contributed by atoms with E-state index >= 15 is 0 Å². The van der Waals surface area contributed by atoms with Crippen LogP contribution in [-0.4, -0.2) is 0 Å². The Morgan fingerprint density at radius 3 is 2.50 bits per heavy atom. The van der Waals surface area contributed by atoms with E-state index < -0.39 is 0 Å². The third kappa shape index (κ3) is 1.43. The molecule has 4 heteroatoms. The number of thiophene rings is 1. The van der Waals surface area contributed by atoms with Crippen LogP contribution in [0.5, 0.6) is 0 Å². The van der Waals surface area contributed by atoms with E-state index in [1.165, 1.54) is 10.1 Å². The van der Waals surface area contributed by atoms with Crippen molar-refractivity contribution in [2.24, 2.45) is 0 Å². The second-order valence-corrected chi connectivity index (χ2v) is 5.71. The van der Waals surface area contributed by atoms with Crippen molar-refractivity contribution >= 4 is 64.9 Å². The lowest BCUT2D eigenvalue weighted by atomic mass is 10.3. The Hall–Kier alpha value is 0.430. The van der Waals surface area contributed by atoms with Gasteiger partial charge in [-0.05, 0) is 34.1 Å². The zero-order chi connectivity index (χ0) is 8.72. The van der Waals surface area contributed by atoms with Crippen molar-refractivity contribution in [3.63, 3.8) is 0 Å². The van der Waals surface area contributed by atoms with Gasteiger partial charge in [0.2, 0.25) is 0 Å². The largest absolute Gasteiger partial charge is 0.122 e. The van der Waals surface area contributed by atoms with Crippen LogP contribution in [0.2, 0.25) is 4.34 Å². The second-order valence-electron chi connectivity index (χ2n) is 2.32. The van der Waals surface area contributed by atoms with Crippen LogP contribution in [-0.2, 0) is 0 Å². The predicted octanol–water partition coefficient (Wildman–Crippen LogP) is 5.08. The maximum Gasteiger partial charge on any atom is 0.0941 e. The highest BCUT2D eigenvalue weighted by atomic mass is 79.9. The van der Waals surface area contributed by atoms with E-state index in [0.717, 1.165) is 13.3 Å². The van der Waals surface area contributed by atoms with Crippen LogP contribution in [0.15, 0.2) is 27.1 Å². The fraction of sp³-hybridized carbons (Fsp3) is 0. The van der Waals surface area contributed by atoms with Crippen molar-refractivity contribution in [1.29, 1.82) is 0 Å². The Bertz CT molecular complexity index is 397. The predicted molar refractivity (Wildman–Crippen MR) is 62.2 cm³/mol. The van der Waals surface area contributed by atoms with Crippen LogP contribution in [0, 0.1) is 0 Å². The minimum atomic E-state index is 0.817. The smallest absolute Gasteiger partial charge is 0.0941 e. The standard InChI is InChI=1S/C8H3Br2ClS/c9-5-1-2-6(10)8-4(5)3-7(11)12-8/h1-3H. The van der Waals surface area contributed by atoms with Gasteiger partial charge in [0.15, 0.2) is 0 Å². The quantitative estimate of drug-likeness (QED) is 0.633. The molecule has 0 saturated heterocycles. The summed E-state index contributed by atoms with van der Waals surface area (Å²) in [5.74, 6) is 0. The summed E-state index contributed by atoms with van der Waals surface area (Å²) < 4.78 is 4.19. The van der Waals surface area contributed by atoms with Crippen LogP contribution in [0.4, 0.5) is 0 Å². The second kappa shape index (κ2) is 3.29. The third-order valence-electron chi connectivity index (χ3n) is 1.55. The molecular weight excluding hydrogens is 323 g/mol. The molecule has 0 amide bonds. The molecule has 62 valence electrons. The van der Waals surface area contributed by atoms with Gasteiger partial charge in [0.05, 0.1) is 9.04 Å². The van der Waals surface area contributed by atoms with Crippen LogP contribution in [0.1, 0.15) is 0 Å². The van der Waals surface area contributed by atoms with E-state index in [2.05, 4.69) is 31.9 Å². The van der Waals surface area contributed by atoms with Gasteiger partial charge in [-0.15, -0.1) is 11.3 Å². The highest BCUT2D eigenvalue weighted by molar-refractivity contribution is 9.11. The monoisotopic (exact) mass is 324 g/mol. The number of hydrogen-bond donors (Lipinski definition) is 0. The van der Waals surface area contributed by atoms with Gasteiger partial charge in [-0.25, -0.2) is 0 Å². The molecule has 0 radical (unpaired) electrons. The number of rotatable bonds is 0. The minimum Gasteiger partial charge on any atom is -0.122 e. The Balaban J connectivity index is 2.93. The minimum absolute atomic E-state index is 0.817. The summed E-state index contributed by atoms with van der Waals surface area (Å²) in [6, 6.07) is 5.99. The summed E-state index contributed by atoms with van der Waals surface area (Å²) in [5, 5.41) is 1.17. The Morgan fingerprint density at radius 2 is 1.83 bits per heavy atom. The van der Waals surface area contributed by atoms with E-state index in [1.54, 1.807) is 11.3 Å². The Morgan fingerprint density at radius 1 is 1.17 bits per heavy atom. The van der Waals surface area contributed by atoms with Gasteiger partial charge in [0.25, 0.3) is 0 Å². The van der Waals surface area contributed by atoms with Crippen LogP contribution < -0.4 is 0 Å². The summed E-state index contributed by atoms with van der Waals surface area (Å²) >= 11 is 14.4. The van der Waals surface area contributed by atoms with Gasteiger partial charge in [-0.1, -0.05) is 27.5 Å². The first-order chi connectivity index (χ1) is 5.68. The lowest BCUT2D eigenvalue weighted by Crippen LogP contribution is -1.67. The van der Waals surface area contributed by atoms with E-state index in [-0.39, 0.29) is 0 Å². The molecule has 0 unspecified atom stereocenters. The third-order valence-corrected chi connectivity index (χ3v) is 4.46. The molecule has 0 aliphatic carbocycles. The molecule has 2 rings (SSSR count). The summed E-state index contributed by atoms with van der Waals surface area (Å²) in [7, 11) is 0. The normalized spacial score (nSPS) is 10.9. The lowest BCUT2D eigenvalue weighted by molar-refractivity contribution is 1.74. The molecule has 0 spiro atoms. The van der Waals surface area contributed by atoms with Crippen molar-refractivity contribution in [1.82, 2.24) is 0 Å². The Labute approximate surface area is 95.8 Å². The zero-order valence-electron chi connectivity index (χ0n) is 5.77. The summed E-state index contributed by atoms with van der Waals surface area (Å²) in [5.41, 5.74) is 0. The molecule has 0 aliphatic heterocycles. The average Bonchev–Trinajstić information content (AvgIpc) is 2.41. The van der Waals surface area contributed by atoms with Crippen molar-refractivity contribution < 1.29 is 0 Å². The zero-order valence-corrected chi connectivity index (χ0v) is 10.5. The molecule has 2 aromatic rings. The fourth-order valence-electron chi connectivity index (χ4n) is 1.03. The molecule has 0 saturated carbocycles. The maximum absolute atomic E-state index is 5.90. The maximum atomic E-state index is 5.90. The first kappa shape index (κ1) is 9.00. The van der Waals surface area contributed by atoms with Crippen LogP contribution in [0.3, 0.4) is 0 Å². The Kier molecular flexibility index (Phi) is 2.47. The molecule has 12 heavy (non-hydrogen) atoms. The number of benzene rings is 1. The molecule has 0 nitrogen and oxygen atoms in total. The van der Waals surface area contributed by atoms with Gasteiger partial charge in [0, 0.05) is 14.3 Å². The first-order valence-corrected chi connectivity index (χ1v) is 5.99. The van der Waals surface area contributed by atoms with Gasteiger partial charge >= 0.3 is 0 Å². The van der Waals surface area contributed by atoms with Crippen LogP contribution >= 0.6 is 54.8 Å². The van der Waals surface area contributed by atoms with Crippen molar-refractivity contribution in [3.05, 3.63) is 31.5 Å². The highest BCUT2D eigenvalue weighted by Crippen LogP contribution is 2.38. The molecular formula is C8H3Br2ClS. The van der Waals surface area contributed by atoms with Crippen LogP contribution in [0.25, 0.3) is 10.1 Å². The number of hydrogen-bond acceptors (Lipinski definition) is 1. The molecule has 1 aromatic heterocycles. The highest BCUT2D eigenvalue weighted by Gasteiger charge is 2.06. The van der Waals surface area contributed by atoms with E-state index in [1.807, 2.05) is 18.2 Å². The molecule has 0 atom stereocenters. The topological polar surface area (TPSA) is 0 Å². The van der Waals surface area contributed by atoms with Crippen molar-refractivity contribution in [2.45, 2.75) is 0 Å². The molecule has 0 bridgehead atoms. The molecule has 0 N–H and O–H groups in total. The van der Waals surface area contributed by atoms with E-state index in [0.29, 0.717) is 0 Å². The summed E-state index contributed by atoms with van der Waals surface area (Å²) in [6.07, 6.45) is 0.